The van der Waals surface area contributed by atoms with Crippen LogP contribution in [-0.4, -0.2) is 39.8 Å². The van der Waals surface area contributed by atoms with Crippen molar-refractivity contribution in [3.05, 3.63) is 71.8 Å². The van der Waals surface area contributed by atoms with Crippen LogP contribution in [0.25, 0.3) is 10.8 Å². The van der Waals surface area contributed by atoms with Crippen LogP contribution in [0, 0.1) is 0 Å². The summed E-state index contributed by atoms with van der Waals surface area (Å²) in [6.45, 7) is 0.440. The lowest BCUT2D eigenvalue weighted by Crippen LogP contribution is -2.23. The van der Waals surface area contributed by atoms with Gasteiger partial charge in [0.05, 0.1) is 12.0 Å². The predicted molar refractivity (Wildman–Crippen MR) is 118 cm³/mol. The third-order valence-corrected chi connectivity index (χ3v) is 6.77. The van der Waals surface area contributed by atoms with E-state index < -0.39 is 10.0 Å². The Labute approximate surface area is 177 Å². The van der Waals surface area contributed by atoms with Crippen molar-refractivity contribution in [3.63, 3.8) is 0 Å². The molecule has 0 saturated carbocycles. The van der Waals surface area contributed by atoms with Crippen LogP contribution in [0.15, 0.2) is 65.6 Å². The van der Waals surface area contributed by atoms with Crippen molar-refractivity contribution in [2.75, 3.05) is 21.2 Å². The molecule has 0 radical (unpaired) electrons. The third kappa shape index (κ3) is 4.98. The molecular formula is C23H26N2O4S. The summed E-state index contributed by atoms with van der Waals surface area (Å²) in [5, 5.41) is 5.22. The highest BCUT2D eigenvalue weighted by Gasteiger charge is 2.19. The van der Waals surface area contributed by atoms with Crippen LogP contribution < -0.4 is 10.1 Å². The number of benzene rings is 3. The van der Waals surface area contributed by atoms with Crippen LogP contribution in [0.1, 0.15) is 17.5 Å². The topological polar surface area (TPSA) is 75.7 Å². The number of nitrogens with zero attached hydrogens (tertiary/aromatic N) is 1. The average molecular weight is 427 g/mol. The second kappa shape index (κ2) is 9.28. The molecule has 3 aromatic carbocycles. The molecule has 0 atom stereocenters. The minimum Gasteiger partial charge on any atom is -0.496 e. The second-order valence-corrected chi connectivity index (χ2v) is 9.37. The quantitative estimate of drug-likeness (QED) is 0.599. The molecular weight excluding hydrogens is 400 g/mol. The molecule has 0 aliphatic carbocycles. The van der Waals surface area contributed by atoms with E-state index in [2.05, 4.69) is 17.4 Å². The van der Waals surface area contributed by atoms with Gasteiger partial charge in [0, 0.05) is 27.1 Å². The van der Waals surface area contributed by atoms with Gasteiger partial charge in [0.25, 0.3) is 0 Å². The molecule has 0 unspecified atom stereocenters. The van der Waals surface area contributed by atoms with Crippen LogP contribution in [0.3, 0.4) is 0 Å². The molecule has 0 fully saturated rings. The summed E-state index contributed by atoms with van der Waals surface area (Å²) >= 11 is 0. The first kappa shape index (κ1) is 21.8. The van der Waals surface area contributed by atoms with Crippen molar-refractivity contribution in [2.45, 2.75) is 24.3 Å². The Bertz CT molecular complexity index is 1160. The van der Waals surface area contributed by atoms with Gasteiger partial charge < -0.3 is 10.1 Å². The lowest BCUT2D eigenvalue weighted by molar-refractivity contribution is -0.121. The maximum absolute atomic E-state index is 12.4. The van der Waals surface area contributed by atoms with E-state index in [4.69, 9.17) is 4.74 Å². The van der Waals surface area contributed by atoms with Gasteiger partial charge in [-0.05, 0) is 52.6 Å². The first-order chi connectivity index (χ1) is 14.3. The molecule has 158 valence electrons. The predicted octanol–water partition coefficient (Wildman–Crippen LogP) is 3.35. The largest absolute Gasteiger partial charge is 0.496 e. The number of methoxy groups -OCH3 is 1. The fourth-order valence-electron chi connectivity index (χ4n) is 3.21. The first-order valence-corrected chi connectivity index (χ1v) is 11.1. The fraction of sp³-hybridized carbons (Fsp3) is 0.261. The number of rotatable bonds is 8. The number of hydrogen-bond donors (Lipinski definition) is 1. The van der Waals surface area contributed by atoms with Gasteiger partial charge in [0.1, 0.15) is 5.75 Å². The lowest BCUT2D eigenvalue weighted by atomic mass is 10.1. The standard InChI is InChI=1S/C23H26N2O4S/c1-25(2)30(27,28)21-11-12-22(29-3)20(15-21)10-13-23(26)24-16-17-8-9-18-6-4-5-7-19(18)14-17/h4-9,11-12,14-15H,10,13,16H2,1-3H3,(H,24,26). The Kier molecular flexibility index (Phi) is 6.74. The van der Waals surface area contributed by atoms with Gasteiger partial charge >= 0.3 is 0 Å². The van der Waals surface area contributed by atoms with E-state index in [0.717, 1.165) is 20.6 Å². The molecule has 1 amide bonds. The lowest BCUT2D eigenvalue weighted by Gasteiger charge is -2.14. The molecule has 6 nitrogen and oxygen atoms in total. The van der Waals surface area contributed by atoms with Crippen molar-refractivity contribution >= 4 is 26.7 Å². The van der Waals surface area contributed by atoms with Gasteiger partial charge in [-0.25, -0.2) is 12.7 Å². The summed E-state index contributed by atoms with van der Waals surface area (Å²) in [5.74, 6) is 0.459. The van der Waals surface area contributed by atoms with E-state index in [9.17, 15) is 13.2 Å². The average Bonchev–Trinajstić information content (AvgIpc) is 2.75. The van der Waals surface area contributed by atoms with Crippen molar-refractivity contribution in [1.29, 1.82) is 0 Å². The molecule has 3 rings (SSSR count). The molecule has 1 N–H and O–H groups in total. The molecule has 30 heavy (non-hydrogen) atoms. The molecule has 0 aliphatic heterocycles. The summed E-state index contributed by atoms with van der Waals surface area (Å²) in [4.78, 5) is 12.5. The Hall–Kier alpha value is -2.90. The van der Waals surface area contributed by atoms with Gasteiger partial charge in [-0.2, -0.15) is 0 Å². The van der Waals surface area contributed by atoms with E-state index in [1.165, 1.54) is 27.3 Å². The Morgan fingerprint density at radius 3 is 2.43 bits per heavy atom. The summed E-state index contributed by atoms with van der Waals surface area (Å²) in [6.07, 6.45) is 0.610. The molecule has 7 heteroatoms. The fourth-order valence-corrected chi connectivity index (χ4v) is 4.16. The minimum absolute atomic E-state index is 0.105. The van der Waals surface area contributed by atoms with E-state index in [0.29, 0.717) is 24.3 Å². The van der Waals surface area contributed by atoms with Crippen molar-refractivity contribution in [1.82, 2.24) is 9.62 Å². The number of nitrogens with one attached hydrogen (secondary N) is 1. The van der Waals surface area contributed by atoms with Crippen LogP contribution in [0.5, 0.6) is 5.75 Å². The summed E-state index contributed by atoms with van der Waals surface area (Å²) < 4.78 is 31.3. The molecule has 0 spiro atoms. The monoisotopic (exact) mass is 426 g/mol. The molecule has 0 heterocycles. The summed E-state index contributed by atoms with van der Waals surface area (Å²) in [5.41, 5.74) is 1.71. The van der Waals surface area contributed by atoms with Crippen LogP contribution in [0.2, 0.25) is 0 Å². The molecule has 0 saturated heterocycles. The highest BCUT2D eigenvalue weighted by Crippen LogP contribution is 2.25. The van der Waals surface area contributed by atoms with Gasteiger partial charge in [0.15, 0.2) is 0 Å². The maximum atomic E-state index is 12.4. The Morgan fingerprint density at radius 1 is 1.00 bits per heavy atom. The zero-order valence-electron chi connectivity index (χ0n) is 17.4. The highest BCUT2D eigenvalue weighted by atomic mass is 32.2. The number of sulfonamides is 1. The smallest absolute Gasteiger partial charge is 0.242 e. The SMILES string of the molecule is COc1ccc(S(=O)(=O)N(C)C)cc1CCC(=O)NCc1ccc2ccccc2c1. The molecule has 0 aromatic heterocycles. The van der Waals surface area contributed by atoms with Crippen molar-refractivity contribution in [2.24, 2.45) is 0 Å². The Balaban J connectivity index is 1.64. The van der Waals surface area contributed by atoms with E-state index >= 15 is 0 Å². The maximum Gasteiger partial charge on any atom is 0.242 e. The van der Waals surface area contributed by atoms with Crippen LogP contribution >= 0.6 is 0 Å². The number of ether oxygens (including phenoxy) is 1. The Morgan fingerprint density at radius 2 is 1.73 bits per heavy atom. The number of hydrogen-bond acceptors (Lipinski definition) is 4. The van der Waals surface area contributed by atoms with Gasteiger partial charge in [-0.3, -0.25) is 4.79 Å². The van der Waals surface area contributed by atoms with Crippen LogP contribution in [-0.2, 0) is 27.8 Å². The van der Waals surface area contributed by atoms with E-state index in [1.54, 1.807) is 12.1 Å². The molecule has 0 bridgehead atoms. The third-order valence-electron chi connectivity index (χ3n) is 4.96. The summed E-state index contributed by atoms with van der Waals surface area (Å²) in [6, 6.07) is 18.9. The minimum atomic E-state index is -3.55. The van der Waals surface area contributed by atoms with Crippen molar-refractivity contribution < 1.29 is 17.9 Å². The summed E-state index contributed by atoms with van der Waals surface area (Å²) in [7, 11) is 0.948. The van der Waals surface area contributed by atoms with E-state index in [-0.39, 0.29) is 17.2 Å². The second-order valence-electron chi connectivity index (χ2n) is 7.22. The van der Waals surface area contributed by atoms with Gasteiger partial charge in [-0.15, -0.1) is 0 Å². The zero-order valence-corrected chi connectivity index (χ0v) is 18.2. The highest BCUT2D eigenvalue weighted by molar-refractivity contribution is 7.89. The zero-order chi connectivity index (χ0) is 21.7. The number of aryl methyl sites for hydroxylation is 1. The number of amides is 1. The number of carbonyl (C=O) groups is 1. The van der Waals surface area contributed by atoms with E-state index in [1.807, 2.05) is 30.3 Å². The van der Waals surface area contributed by atoms with Gasteiger partial charge in [-0.1, -0.05) is 36.4 Å². The number of carbonyl (C=O) groups excluding carboxylic acids is 1. The number of fused-ring (bicyclic) bond motifs is 1. The molecule has 0 aliphatic rings. The van der Waals surface area contributed by atoms with Crippen LogP contribution in [0.4, 0.5) is 0 Å². The van der Waals surface area contributed by atoms with Gasteiger partial charge in [0.2, 0.25) is 15.9 Å². The first-order valence-electron chi connectivity index (χ1n) is 9.65. The van der Waals surface area contributed by atoms with Crippen molar-refractivity contribution in [3.8, 4) is 5.75 Å². The molecule has 3 aromatic rings. The normalized spacial score (nSPS) is 11.6.